The van der Waals surface area contributed by atoms with Crippen LogP contribution < -0.4 is 5.32 Å². The van der Waals surface area contributed by atoms with Gasteiger partial charge in [-0.2, -0.15) is 13.5 Å². The van der Waals surface area contributed by atoms with Crippen molar-refractivity contribution in [2.24, 2.45) is 0 Å². The number of rotatable bonds is 4. The van der Waals surface area contributed by atoms with Crippen LogP contribution >= 0.6 is 13.5 Å². The van der Waals surface area contributed by atoms with Crippen molar-refractivity contribution in [3.63, 3.8) is 0 Å². The summed E-state index contributed by atoms with van der Waals surface area (Å²) in [5.74, 6) is -0.226. The third-order valence-corrected chi connectivity index (χ3v) is 5.74. The number of amides is 3. The number of likely N-dealkylation sites (tertiary alicyclic amines) is 2. The summed E-state index contributed by atoms with van der Waals surface area (Å²) in [7, 11) is 0. The molecule has 0 aliphatic carbocycles. The third kappa shape index (κ3) is 4.07. The lowest BCUT2D eigenvalue weighted by molar-refractivity contribution is -0.119. The van der Waals surface area contributed by atoms with Gasteiger partial charge in [0.05, 0.1) is 12.6 Å². The molecule has 0 radical (unpaired) electrons. The van der Waals surface area contributed by atoms with Gasteiger partial charge in [0.1, 0.15) is 6.04 Å². The van der Waals surface area contributed by atoms with Gasteiger partial charge in [0.15, 0.2) is 5.78 Å². The number of nitrogens with one attached hydrogen (secondary N) is 1. The second kappa shape index (κ2) is 9.34. The van der Waals surface area contributed by atoms with Crippen LogP contribution in [0, 0.1) is 0 Å². The molecule has 2 heterocycles. The zero-order valence-electron chi connectivity index (χ0n) is 17.0. The van der Waals surface area contributed by atoms with Gasteiger partial charge in [0.25, 0.3) is 5.91 Å². The van der Waals surface area contributed by atoms with Gasteiger partial charge in [-0.1, -0.05) is 49.7 Å². The lowest BCUT2D eigenvalue weighted by Crippen LogP contribution is -2.45. The number of ketones is 1. The standard InChI is InChI=1S/C23H25N3O3.H2S/c1-2-8-16-9-6-7-12-18(16)24-23(29)25-14-13-19-21(25)20(27)15-26(19)22(28)17-10-4-3-5-11-17;/h3-7,9-12,19,21H,2,8,13-15H2,1H3,(H,24,29);1H2/t19-,21+;/m1./s1. The van der Waals surface area contributed by atoms with Gasteiger partial charge in [-0.3, -0.25) is 9.59 Å². The molecule has 2 aromatic carbocycles. The maximum atomic E-state index is 13.0. The molecule has 3 amide bonds. The van der Waals surface area contributed by atoms with Crippen LogP contribution in [-0.4, -0.2) is 52.7 Å². The van der Waals surface area contributed by atoms with Gasteiger partial charge in [-0.05, 0) is 36.6 Å². The Kier molecular flexibility index (Phi) is 6.82. The monoisotopic (exact) mass is 425 g/mol. The highest BCUT2D eigenvalue weighted by atomic mass is 32.1. The van der Waals surface area contributed by atoms with Crippen molar-refractivity contribution in [3.8, 4) is 0 Å². The van der Waals surface area contributed by atoms with Crippen LogP contribution in [0.1, 0.15) is 35.7 Å². The largest absolute Gasteiger partial charge is 0.326 e. The van der Waals surface area contributed by atoms with Crippen LogP contribution in [0.3, 0.4) is 0 Å². The maximum Gasteiger partial charge on any atom is 0.322 e. The second-order valence-corrected chi connectivity index (χ2v) is 7.60. The summed E-state index contributed by atoms with van der Waals surface area (Å²) in [5, 5.41) is 2.98. The van der Waals surface area contributed by atoms with E-state index in [1.165, 1.54) is 0 Å². The first kappa shape index (κ1) is 21.9. The van der Waals surface area contributed by atoms with Gasteiger partial charge >= 0.3 is 6.03 Å². The molecular weight excluding hydrogens is 398 g/mol. The third-order valence-electron chi connectivity index (χ3n) is 5.74. The Hall–Kier alpha value is -2.80. The molecular formula is C23H27N3O3S. The molecule has 4 rings (SSSR count). The molecule has 7 heteroatoms. The van der Waals surface area contributed by atoms with Crippen LogP contribution in [0.25, 0.3) is 0 Å². The first-order valence-corrected chi connectivity index (χ1v) is 10.1. The highest BCUT2D eigenvalue weighted by Gasteiger charge is 2.51. The van der Waals surface area contributed by atoms with Crippen LogP contribution in [0.4, 0.5) is 10.5 Å². The van der Waals surface area contributed by atoms with Gasteiger partial charge < -0.3 is 15.1 Å². The minimum atomic E-state index is -0.569. The molecule has 158 valence electrons. The van der Waals surface area contributed by atoms with Gasteiger partial charge in [0.2, 0.25) is 0 Å². The number of nitrogens with zero attached hydrogens (tertiary/aromatic N) is 2. The van der Waals surface area contributed by atoms with E-state index in [1.54, 1.807) is 21.9 Å². The average Bonchev–Trinajstić information content (AvgIpc) is 3.31. The molecule has 0 aromatic heterocycles. The van der Waals surface area contributed by atoms with Gasteiger partial charge in [0, 0.05) is 17.8 Å². The molecule has 2 aromatic rings. The van der Waals surface area contributed by atoms with Crippen molar-refractivity contribution in [1.82, 2.24) is 9.80 Å². The van der Waals surface area contributed by atoms with Crippen LogP contribution in [0.5, 0.6) is 0 Å². The SMILES string of the molecule is CCCc1ccccc1NC(=O)N1CC[C@@H]2[C@H]1C(=O)CN2C(=O)c1ccccc1.S. The zero-order valence-corrected chi connectivity index (χ0v) is 18.0. The van der Waals surface area contributed by atoms with E-state index >= 15 is 0 Å². The molecule has 30 heavy (non-hydrogen) atoms. The van der Waals surface area contributed by atoms with E-state index < -0.39 is 6.04 Å². The molecule has 1 N–H and O–H groups in total. The predicted octanol–water partition coefficient (Wildman–Crippen LogP) is 3.45. The number of urea groups is 1. The number of anilines is 1. The van der Waals surface area contributed by atoms with Crippen LogP contribution in [0.15, 0.2) is 54.6 Å². The number of carbonyl (C=O) groups is 3. The molecule has 0 spiro atoms. The minimum absolute atomic E-state index is 0. The quantitative estimate of drug-likeness (QED) is 0.816. The first-order chi connectivity index (χ1) is 14.1. The highest BCUT2D eigenvalue weighted by molar-refractivity contribution is 7.59. The number of benzene rings is 2. The lowest BCUT2D eigenvalue weighted by atomic mass is 10.1. The fraction of sp³-hybridized carbons (Fsp3) is 0.348. The summed E-state index contributed by atoms with van der Waals surface area (Å²) in [6.45, 7) is 2.61. The number of Topliss-reactive ketones (excluding diaryl/α,β-unsaturated/α-hetero) is 1. The number of hydrogen-bond donors (Lipinski definition) is 1. The van der Waals surface area contributed by atoms with E-state index in [1.807, 2.05) is 42.5 Å². The van der Waals surface area contributed by atoms with E-state index in [2.05, 4.69) is 12.2 Å². The molecule has 2 aliphatic rings. The molecule has 2 fully saturated rings. The second-order valence-electron chi connectivity index (χ2n) is 7.60. The Morgan fingerprint density at radius 1 is 1.03 bits per heavy atom. The molecule has 0 saturated carbocycles. The van der Waals surface area contributed by atoms with Crippen molar-refractivity contribution in [1.29, 1.82) is 0 Å². The fourth-order valence-corrected chi connectivity index (χ4v) is 4.38. The smallest absolute Gasteiger partial charge is 0.322 e. The fourth-order valence-electron chi connectivity index (χ4n) is 4.38. The van der Waals surface area contributed by atoms with Crippen molar-refractivity contribution in [2.75, 3.05) is 18.4 Å². The number of aryl methyl sites for hydroxylation is 1. The van der Waals surface area contributed by atoms with E-state index in [-0.39, 0.29) is 43.8 Å². The zero-order chi connectivity index (χ0) is 20.4. The highest BCUT2D eigenvalue weighted by Crippen LogP contribution is 2.31. The normalized spacial score (nSPS) is 20.0. The van der Waals surface area contributed by atoms with Gasteiger partial charge in [-0.25, -0.2) is 4.79 Å². The number of para-hydroxylation sites is 1. The number of hydrogen-bond acceptors (Lipinski definition) is 3. The number of carbonyl (C=O) groups excluding carboxylic acids is 3. The average molecular weight is 426 g/mol. The van der Waals surface area contributed by atoms with Gasteiger partial charge in [-0.15, -0.1) is 0 Å². The Balaban J connectivity index is 0.00000256. The van der Waals surface area contributed by atoms with Crippen molar-refractivity contribution < 1.29 is 14.4 Å². The molecule has 2 aliphatic heterocycles. The minimum Gasteiger partial charge on any atom is -0.326 e. The topological polar surface area (TPSA) is 69.7 Å². The Morgan fingerprint density at radius 2 is 1.73 bits per heavy atom. The van der Waals surface area contributed by atoms with E-state index in [9.17, 15) is 14.4 Å². The summed E-state index contributed by atoms with van der Waals surface area (Å²) in [6, 6.07) is 15.6. The van der Waals surface area contributed by atoms with Crippen molar-refractivity contribution in [2.45, 2.75) is 38.3 Å². The molecule has 0 unspecified atom stereocenters. The van der Waals surface area contributed by atoms with E-state index in [0.29, 0.717) is 18.5 Å². The Morgan fingerprint density at radius 3 is 2.47 bits per heavy atom. The summed E-state index contributed by atoms with van der Waals surface area (Å²) in [5.41, 5.74) is 2.43. The summed E-state index contributed by atoms with van der Waals surface area (Å²) in [6.07, 6.45) is 2.47. The van der Waals surface area contributed by atoms with E-state index in [4.69, 9.17) is 0 Å². The lowest BCUT2D eigenvalue weighted by Gasteiger charge is -2.25. The summed E-state index contributed by atoms with van der Waals surface area (Å²) in [4.78, 5) is 41.8. The predicted molar refractivity (Wildman–Crippen MR) is 121 cm³/mol. The molecule has 0 bridgehead atoms. The molecule has 2 saturated heterocycles. The number of fused-ring (bicyclic) bond motifs is 1. The molecule has 6 nitrogen and oxygen atoms in total. The van der Waals surface area contributed by atoms with Crippen molar-refractivity contribution in [3.05, 3.63) is 65.7 Å². The van der Waals surface area contributed by atoms with Crippen molar-refractivity contribution >= 4 is 36.9 Å². The molecule has 2 atom stereocenters. The Bertz CT molecular complexity index is 934. The Labute approximate surface area is 183 Å². The first-order valence-electron chi connectivity index (χ1n) is 10.1. The van der Waals surface area contributed by atoms with E-state index in [0.717, 1.165) is 24.1 Å². The van der Waals surface area contributed by atoms with Crippen LogP contribution in [0.2, 0.25) is 0 Å². The summed E-state index contributed by atoms with van der Waals surface area (Å²) >= 11 is 0. The summed E-state index contributed by atoms with van der Waals surface area (Å²) < 4.78 is 0. The van der Waals surface area contributed by atoms with Crippen LogP contribution in [-0.2, 0) is 11.2 Å². The maximum absolute atomic E-state index is 13.0.